The number of nitrogens with one attached hydrogen (secondary N) is 1. The molecule has 0 aliphatic carbocycles. The van der Waals surface area contributed by atoms with Crippen molar-refractivity contribution < 1.29 is 15.0 Å². The van der Waals surface area contributed by atoms with E-state index < -0.39 is 12.2 Å². The van der Waals surface area contributed by atoms with E-state index in [2.05, 4.69) is 10.3 Å². The molecule has 2 atom stereocenters. The molecular weight excluding hydrogens is 279 g/mol. The number of carbonyl (C=O) groups is 1. The van der Waals surface area contributed by atoms with Crippen LogP contribution in [-0.2, 0) is 4.79 Å². The fourth-order valence-corrected chi connectivity index (χ4v) is 1.87. The predicted molar refractivity (Wildman–Crippen MR) is 68.5 cm³/mol. The molecule has 0 saturated carbocycles. The van der Waals surface area contributed by atoms with Gasteiger partial charge in [0.15, 0.2) is 0 Å². The van der Waals surface area contributed by atoms with Gasteiger partial charge in [-0.05, 0) is 12.5 Å². The highest BCUT2D eigenvalue weighted by Crippen LogP contribution is 2.26. The number of rotatable bonds is 5. The van der Waals surface area contributed by atoms with Crippen molar-refractivity contribution >= 4 is 29.1 Å². The Labute approximate surface area is 115 Å². The first-order valence-electron chi connectivity index (χ1n) is 5.33. The molecule has 0 bridgehead atoms. The van der Waals surface area contributed by atoms with Gasteiger partial charge in [0, 0.05) is 19.7 Å². The number of carbonyl (C=O) groups excluding carboxylic acids is 1. The van der Waals surface area contributed by atoms with Crippen LogP contribution in [0.1, 0.15) is 25.1 Å². The van der Waals surface area contributed by atoms with Crippen molar-refractivity contribution in [2.24, 2.45) is 0 Å². The molecule has 0 aliphatic heterocycles. The molecule has 1 amide bonds. The van der Waals surface area contributed by atoms with Crippen molar-refractivity contribution in [3.05, 3.63) is 28.0 Å². The Balaban J connectivity index is 2.62. The Kier molecular flexibility index (Phi) is 5.81. The molecule has 0 aliphatic rings. The van der Waals surface area contributed by atoms with Crippen LogP contribution in [0.5, 0.6) is 0 Å². The first kappa shape index (κ1) is 15.2. The zero-order chi connectivity index (χ0) is 13.7. The lowest BCUT2D eigenvalue weighted by Crippen LogP contribution is -2.28. The fourth-order valence-electron chi connectivity index (χ4n) is 1.38. The van der Waals surface area contributed by atoms with Crippen LogP contribution in [0, 0.1) is 0 Å². The number of aliphatic hydroxyl groups excluding tert-OH is 2. The van der Waals surface area contributed by atoms with Crippen molar-refractivity contribution in [3.8, 4) is 0 Å². The molecule has 0 spiro atoms. The van der Waals surface area contributed by atoms with Gasteiger partial charge in [0.25, 0.3) is 0 Å². The summed E-state index contributed by atoms with van der Waals surface area (Å²) in [4.78, 5) is 14.5. The number of aliphatic hydroxyl groups is 2. The Morgan fingerprint density at radius 1 is 1.50 bits per heavy atom. The maximum absolute atomic E-state index is 10.7. The van der Waals surface area contributed by atoms with Gasteiger partial charge in [-0.1, -0.05) is 23.2 Å². The van der Waals surface area contributed by atoms with Crippen molar-refractivity contribution in [1.82, 2.24) is 10.3 Å². The zero-order valence-electron chi connectivity index (χ0n) is 9.73. The minimum atomic E-state index is -1.22. The molecule has 1 heterocycles. The molecule has 5 nitrogen and oxygen atoms in total. The smallest absolute Gasteiger partial charge is 0.216 e. The summed E-state index contributed by atoms with van der Waals surface area (Å²) in [5.41, 5.74) is 0.163. The lowest BCUT2D eigenvalue weighted by molar-refractivity contribution is -0.119. The lowest BCUT2D eigenvalue weighted by Gasteiger charge is -2.18. The van der Waals surface area contributed by atoms with Crippen LogP contribution in [0.25, 0.3) is 0 Å². The van der Waals surface area contributed by atoms with Crippen molar-refractivity contribution in [2.75, 3.05) is 6.54 Å². The highest BCUT2D eigenvalue weighted by Gasteiger charge is 2.22. The first-order valence-corrected chi connectivity index (χ1v) is 6.09. The highest BCUT2D eigenvalue weighted by atomic mass is 35.5. The van der Waals surface area contributed by atoms with Crippen LogP contribution in [0.2, 0.25) is 10.0 Å². The molecule has 2 unspecified atom stereocenters. The first-order chi connectivity index (χ1) is 8.41. The normalized spacial score (nSPS) is 14.1. The minimum absolute atomic E-state index is 0.163. The summed E-state index contributed by atoms with van der Waals surface area (Å²) in [7, 11) is 0. The molecule has 0 fully saturated rings. The molecule has 1 aromatic rings. The minimum Gasteiger partial charge on any atom is -0.390 e. The molecular formula is C11H14Cl2N2O3. The van der Waals surface area contributed by atoms with E-state index in [0.29, 0.717) is 5.02 Å². The maximum Gasteiger partial charge on any atom is 0.216 e. The number of halogens is 2. The second-order valence-corrected chi connectivity index (χ2v) is 4.65. The van der Waals surface area contributed by atoms with Crippen LogP contribution in [0.4, 0.5) is 0 Å². The number of hydrogen-bond donors (Lipinski definition) is 3. The quantitative estimate of drug-likeness (QED) is 0.764. The van der Waals surface area contributed by atoms with E-state index in [1.807, 2.05) is 0 Å². The van der Waals surface area contributed by atoms with Gasteiger partial charge in [-0.2, -0.15) is 0 Å². The van der Waals surface area contributed by atoms with E-state index in [4.69, 9.17) is 23.2 Å². The van der Waals surface area contributed by atoms with Crippen LogP contribution in [-0.4, -0.2) is 33.8 Å². The van der Waals surface area contributed by atoms with Crippen LogP contribution < -0.4 is 5.32 Å². The van der Waals surface area contributed by atoms with E-state index in [9.17, 15) is 15.0 Å². The number of nitrogens with zero attached hydrogens (tertiary/aromatic N) is 1. The van der Waals surface area contributed by atoms with Gasteiger partial charge in [-0.15, -0.1) is 0 Å². The summed E-state index contributed by atoms with van der Waals surface area (Å²) in [5.74, 6) is -0.195. The highest BCUT2D eigenvalue weighted by molar-refractivity contribution is 6.34. The number of hydrogen-bond acceptors (Lipinski definition) is 4. The van der Waals surface area contributed by atoms with Crippen molar-refractivity contribution in [2.45, 2.75) is 25.6 Å². The Morgan fingerprint density at radius 2 is 2.17 bits per heavy atom. The van der Waals surface area contributed by atoms with E-state index in [-0.39, 0.29) is 29.6 Å². The molecule has 18 heavy (non-hydrogen) atoms. The molecule has 0 aromatic carbocycles. The van der Waals surface area contributed by atoms with Gasteiger partial charge < -0.3 is 15.5 Å². The van der Waals surface area contributed by atoms with E-state index in [0.717, 1.165) is 0 Å². The van der Waals surface area contributed by atoms with E-state index in [1.165, 1.54) is 19.2 Å². The van der Waals surface area contributed by atoms with Crippen LogP contribution in [0.15, 0.2) is 12.3 Å². The van der Waals surface area contributed by atoms with Gasteiger partial charge in [0.2, 0.25) is 5.91 Å². The Morgan fingerprint density at radius 3 is 2.72 bits per heavy atom. The van der Waals surface area contributed by atoms with E-state index >= 15 is 0 Å². The average Bonchev–Trinajstić information content (AvgIpc) is 2.27. The number of amides is 1. The third-order valence-corrected chi connectivity index (χ3v) is 2.80. The fraction of sp³-hybridized carbons (Fsp3) is 0.455. The monoisotopic (exact) mass is 292 g/mol. The summed E-state index contributed by atoms with van der Waals surface area (Å²) in [6.45, 7) is 1.64. The summed E-state index contributed by atoms with van der Waals surface area (Å²) in [5, 5.41) is 22.7. The summed E-state index contributed by atoms with van der Waals surface area (Å²) >= 11 is 11.5. The van der Waals surface area contributed by atoms with Gasteiger partial charge in [-0.25, -0.2) is 0 Å². The van der Waals surface area contributed by atoms with Gasteiger partial charge in [-0.3, -0.25) is 9.78 Å². The van der Waals surface area contributed by atoms with Crippen molar-refractivity contribution in [1.29, 1.82) is 0 Å². The molecule has 1 aromatic heterocycles. The largest absolute Gasteiger partial charge is 0.390 e. The second kappa shape index (κ2) is 6.89. The number of pyridine rings is 1. The second-order valence-electron chi connectivity index (χ2n) is 3.80. The summed E-state index contributed by atoms with van der Waals surface area (Å²) in [6, 6.07) is 1.44. The van der Waals surface area contributed by atoms with E-state index in [1.54, 1.807) is 0 Å². The zero-order valence-corrected chi connectivity index (χ0v) is 11.2. The third kappa shape index (κ3) is 4.42. The molecule has 3 N–H and O–H groups in total. The van der Waals surface area contributed by atoms with Crippen LogP contribution >= 0.6 is 23.2 Å². The standard InChI is InChI=1S/C11H14Cl2N2O3/c1-6(16)14-3-2-9(17)11(18)10-8(13)4-7(12)5-15-10/h4-5,9,11,17-18H,2-3H2,1H3,(H,14,16). The molecule has 0 radical (unpaired) electrons. The maximum atomic E-state index is 10.7. The number of aromatic nitrogens is 1. The Bertz CT molecular complexity index is 429. The molecule has 100 valence electrons. The predicted octanol–water partition coefficient (Wildman–Crippen LogP) is 1.31. The summed E-state index contributed by atoms with van der Waals surface area (Å²) in [6.07, 6.45) is -0.750. The van der Waals surface area contributed by atoms with Gasteiger partial charge in [0.05, 0.1) is 21.8 Å². The third-order valence-electron chi connectivity index (χ3n) is 2.29. The average molecular weight is 293 g/mol. The Hall–Kier alpha value is -0.880. The van der Waals surface area contributed by atoms with Gasteiger partial charge in [0.1, 0.15) is 6.10 Å². The van der Waals surface area contributed by atoms with Crippen molar-refractivity contribution in [3.63, 3.8) is 0 Å². The molecule has 1 rings (SSSR count). The summed E-state index contributed by atoms with van der Waals surface area (Å²) < 4.78 is 0. The lowest BCUT2D eigenvalue weighted by atomic mass is 10.1. The van der Waals surface area contributed by atoms with Gasteiger partial charge >= 0.3 is 0 Å². The topological polar surface area (TPSA) is 82.5 Å². The molecule has 0 saturated heterocycles. The molecule has 7 heteroatoms. The SMILES string of the molecule is CC(=O)NCCC(O)C(O)c1ncc(Cl)cc1Cl. The van der Waals surface area contributed by atoms with Crippen LogP contribution in [0.3, 0.4) is 0 Å².